The standard InChI is InChI=1S/C7H11N.H2/c1-5-4-6(2)8-7(5)3;/h4,8H,1-3H3;1H. The van der Waals surface area contributed by atoms with Gasteiger partial charge >= 0.3 is 0 Å². The van der Waals surface area contributed by atoms with Crippen molar-refractivity contribution in [1.29, 1.82) is 0 Å². The largest absolute Gasteiger partial charge is 0.363 e. The third-order valence-electron chi connectivity index (χ3n) is 1.41. The van der Waals surface area contributed by atoms with E-state index in [1.807, 2.05) is 0 Å². The van der Waals surface area contributed by atoms with Crippen LogP contribution >= 0.6 is 0 Å². The van der Waals surface area contributed by atoms with Crippen LogP contribution in [0.5, 0.6) is 0 Å². The Morgan fingerprint density at radius 3 is 2.12 bits per heavy atom. The van der Waals surface area contributed by atoms with Crippen molar-refractivity contribution in [1.82, 2.24) is 4.98 Å². The van der Waals surface area contributed by atoms with Crippen molar-refractivity contribution < 1.29 is 1.43 Å². The van der Waals surface area contributed by atoms with Gasteiger partial charge in [0.25, 0.3) is 0 Å². The summed E-state index contributed by atoms with van der Waals surface area (Å²) in [6, 6.07) is 2.15. The first-order valence-corrected chi connectivity index (χ1v) is 2.83. The molecule has 0 aromatic carbocycles. The van der Waals surface area contributed by atoms with Crippen LogP contribution in [0.25, 0.3) is 0 Å². The van der Waals surface area contributed by atoms with Crippen LogP contribution in [-0.2, 0) is 0 Å². The minimum absolute atomic E-state index is 0. The SMILES string of the molecule is Cc1cc(C)c(C)[nH]1.[HH]. The van der Waals surface area contributed by atoms with E-state index < -0.39 is 0 Å². The van der Waals surface area contributed by atoms with Gasteiger partial charge in [-0.2, -0.15) is 0 Å². The first-order valence-electron chi connectivity index (χ1n) is 2.83. The normalized spacial score (nSPS) is 9.88. The summed E-state index contributed by atoms with van der Waals surface area (Å²) in [5.74, 6) is 0. The number of hydrogen-bond acceptors (Lipinski definition) is 0. The maximum absolute atomic E-state index is 3.21. The summed E-state index contributed by atoms with van der Waals surface area (Å²) in [6.07, 6.45) is 0. The molecule has 0 fully saturated rings. The maximum Gasteiger partial charge on any atom is 0.0147 e. The molecule has 1 aromatic rings. The number of nitrogens with one attached hydrogen (secondary N) is 1. The van der Waals surface area contributed by atoms with E-state index in [0.29, 0.717) is 0 Å². The van der Waals surface area contributed by atoms with Gasteiger partial charge in [-0.15, -0.1) is 0 Å². The van der Waals surface area contributed by atoms with Crippen LogP contribution in [0.2, 0.25) is 0 Å². The van der Waals surface area contributed by atoms with Gasteiger partial charge in [-0.3, -0.25) is 0 Å². The molecule has 46 valence electrons. The van der Waals surface area contributed by atoms with E-state index in [0.717, 1.165) is 0 Å². The lowest BCUT2D eigenvalue weighted by atomic mass is 10.3. The van der Waals surface area contributed by atoms with Crippen molar-refractivity contribution in [2.45, 2.75) is 20.8 Å². The quantitative estimate of drug-likeness (QED) is 0.528. The molecule has 0 bridgehead atoms. The van der Waals surface area contributed by atoms with Crippen molar-refractivity contribution >= 4 is 0 Å². The molecule has 0 saturated heterocycles. The van der Waals surface area contributed by atoms with Gasteiger partial charge in [0, 0.05) is 12.8 Å². The van der Waals surface area contributed by atoms with Crippen molar-refractivity contribution in [3.8, 4) is 0 Å². The van der Waals surface area contributed by atoms with Crippen LogP contribution in [0.15, 0.2) is 6.07 Å². The average Bonchev–Trinajstić information content (AvgIpc) is 1.85. The predicted molar refractivity (Wildman–Crippen MR) is 37.1 cm³/mol. The minimum Gasteiger partial charge on any atom is -0.363 e. The van der Waals surface area contributed by atoms with Crippen LogP contribution in [0, 0.1) is 20.8 Å². The van der Waals surface area contributed by atoms with Crippen molar-refractivity contribution in [2.75, 3.05) is 0 Å². The fourth-order valence-corrected chi connectivity index (χ4v) is 0.863. The van der Waals surface area contributed by atoms with Gasteiger partial charge in [-0.1, -0.05) is 0 Å². The molecule has 0 spiro atoms. The van der Waals surface area contributed by atoms with Crippen molar-refractivity contribution in [3.05, 3.63) is 23.0 Å². The molecule has 0 radical (unpaired) electrons. The van der Waals surface area contributed by atoms with Crippen LogP contribution in [0.1, 0.15) is 18.4 Å². The molecule has 0 saturated carbocycles. The highest BCUT2D eigenvalue weighted by Crippen LogP contribution is 2.05. The molecule has 0 aliphatic carbocycles. The first-order chi connectivity index (χ1) is 3.70. The van der Waals surface area contributed by atoms with Gasteiger partial charge in [0.2, 0.25) is 0 Å². The molecular formula is C7H13N. The van der Waals surface area contributed by atoms with E-state index in [1.165, 1.54) is 17.0 Å². The molecule has 1 aromatic heterocycles. The van der Waals surface area contributed by atoms with Gasteiger partial charge < -0.3 is 4.98 Å². The third-order valence-corrected chi connectivity index (χ3v) is 1.41. The fourth-order valence-electron chi connectivity index (χ4n) is 0.863. The van der Waals surface area contributed by atoms with Crippen LogP contribution in [-0.4, -0.2) is 4.98 Å². The number of H-pyrrole nitrogens is 1. The van der Waals surface area contributed by atoms with E-state index in [2.05, 4.69) is 31.8 Å². The predicted octanol–water partition coefficient (Wildman–Crippen LogP) is 2.19. The maximum atomic E-state index is 3.21. The Balaban J connectivity index is 0.000000640. The Morgan fingerprint density at radius 2 is 2.00 bits per heavy atom. The molecule has 0 atom stereocenters. The van der Waals surface area contributed by atoms with Gasteiger partial charge in [0.05, 0.1) is 0 Å². The number of hydrogen-bond donors (Lipinski definition) is 1. The summed E-state index contributed by atoms with van der Waals surface area (Å²) in [6.45, 7) is 6.27. The number of rotatable bonds is 0. The summed E-state index contributed by atoms with van der Waals surface area (Å²) >= 11 is 0. The van der Waals surface area contributed by atoms with E-state index in [1.54, 1.807) is 0 Å². The van der Waals surface area contributed by atoms with Gasteiger partial charge in [0.1, 0.15) is 0 Å². The Kier molecular flexibility index (Phi) is 1.12. The lowest BCUT2D eigenvalue weighted by molar-refractivity contribution is 1.17. The molecule has 0 aliphatic heterocycles. The Bertz CT molecular complexity index is 171. The smallest absolute Gasteiger partial charge is 0.0147 e. The van der Waals surface area contributed by atoms with Crippen LogP contribution in [0.3, 0.4) is 0 Å². The second-order valence-corrected chi connectivity index (χ2v) is 2.26. The zero-order valence-corrected chi connectivity index (χ0v) is 5.58. The van der Waals surface area contributed by atoms with Gasteiger partial charge in [0.15, 0.2) is 0 Å². The molecule has 0 unspecified atom stereocenters. The first kappa shape index (κ1) is 5.42. The van der Waals surface area contributed by atoms with Gasteiger partial charge in [-0.05, 0) is 32.4 Å². The molecule has 8 heavy (non-hydrogen) atoms. The number of aromatic nitrogens is 1. The van der Waals surface area contributed by atoms with E-state index in [-0.39, 0.29) is 1.43 Å². The Morgan fingerprint density at radius 1 is 1.38 bits per heavy atom. The molecule has 1 nitrogen and oxygen atoms in total. The Hall–Kier alpha value is -0.720. The molecule has 1 rings (SSSR count). The molecule has 1 heteroatoms. The highest BCUT2D eigenvalue weighted by atomic mass is 14.7. The lowest BCUT2D eigenvalue weighted by Gasteiger charge is -1.82. The van der Waals surface area contributed by atoms with E-state index in [9.17, 15) is 0 Å². The zero-order valence-electron chi connectivity index (χ0n) is 5.58. The monoisotopic (exact) mass is 111 g/mol. The summed E-state index contributed by atoms with van der Waals surface area (Å²) in [5.41, 5.74) is 3.88. The summed E-state index contributed by atoms with van der Waals surface area (Å²) in [4.78, 5) is 3.21. The third kappa shape index (κ3) is 0.760. The topological polar surface area (TPSA) is 15.8 Å². The number of aromatic amines is 1. The van der Waals surface area contributed by atoms with Crippen molar-refractivity contribution in [3.63, 3.8) is 0 Å². The Labute approximate surface area is 51.2 Å². The van der Waals surface area contributed by atoms with Gasteiger partial charge in [-0.25, -0.2) is 0 Å². The summed E-state index contributed by atoms with van der Waals surface area (Å²) in [7, 11) is 0. The second kappa shape index (κ2) is 1.66. The lowest BCUT2D eigenvalue weighted by Crippen LogP contribution is -1.71. The molecular weight excluding hydrogens is 98.1 g/mol. The molecule has 1 heterocycles. The van der Waals surface area contributed by atoms with Crippen LogP contribution < -0.4 is 0 Å². The zero-order chi connectivity index (χ0) is 6.15. The second-order valence-electron chi connectivity index (χ2n) is 2.26. The van der Waals surface area contributed by atoms with Crippen LogP contribution in [0.4, 0.5) is 0 Å². The highest BCUT2D eigenvalue weighted by Gasteiger charge is 1.92. The highest BCUT2D eigenvalue weighted by molar-refractivity contribution is 5.21. The molecule has 0 aliphatic rings. The summed E-state index contributed by atoms with van der Waals surface area (Å²) in [5, 5.41) is 0. The average molecular weight is 111 g/mol. The number of aryl methyl sites for hydroxylation is 3. The fraction of sp³-hybridized carbons (Fsp3) is 0.429. The summed E-state index contributed by atoms with van der Waals surface area (Å²) < 4.78 is 0. The van der Waals surface area contributed by atoms with E-state index in [4.69, 9.17) is 0 Å². The minimum atomic E-state index is 0. The molecule has 0 amide bonds. The van der Waals surface area contributed by atoms with Crippen molar-refractivity contribution in [2.24, 2.45) is 0 Å². The molecule has 1 N–H and O–H groups in total. The van der Waals surface area contributed by atoms with E-state index >= 15 is 0 Å².